The Bertz CT molecular complexity index is 1560. The maximum atomic E-state index is 13.2. The fourth-order valence-electron chi connectivity index (χ4n) is 5.22. The van der Waals surface area contributed by atoms with Crippen LogP contribution in [0.25, 0.3) is 0 Å². The smallest absolute Gasteiger partial charge is 0.339 e. The second-order valence-electron chi connectivity index (χ2n) is 11.8. The molecule has 9 nitrogen and oxygen atoms in total. The van der Waals surface area contributed by atoms with Gasteiger partial charge in [0.2, 0.25) is 0 Å². The molecule has 1 atom stereocenters. The van der Waals surface area contributed by atoms with Gasteiger partial charge in [-0.25, -0.2) is 9.59 Å². The molecule has 0 aromatic heterocycles. The van der Waals surface area contributed by atoms with Crippen LogP contribution in [0.15, 0.2) is 78.9 Å². The van der Waals surface area contributed by atoms with Gasteiger partial charge in [0.05, 0.1) is 17.7 Å². The number of carboxylic acid groups (broad SMARTS) is 1. The number of ketones is 3. The van der Waals surface area contributed by atoms with E-state index in [1.165, 1.54) is 24.3 Å². The lowest BCUT2D eigenvalue weighted by atomic mass is 9.67. The van der Waals surface area contributed by atoms with Gasteiger partial charge in [-0.2, -0.15) is 0 Å². The highest BCUT2D eigenvalue weighted by Gasteiger charge is 2.40. The van der Waals surface area contributed by atoms with Gasteiger partial charge in [-0.15, -0.1) is 0 Å². The molecular formula is C36H39NO8. The molecule has 0 fully saturated rings. The van der Waals surface area contributed by atoms with Crippen LogP contribution in [-0.2, 0) is 14.3 Å². The Morgan fingerprint density at radius 1 is 0.711 bits per heavy atom. The molecule has 2 N–H and O–H groups in total. The molecule has 0 aliphatic carbocycles. The molecule has 1 unspecified atom stereocenters. The molecule has 0 saturated heterocycles. The third-order valence-electron chi connectivity index (χ3n) is 8.06. The molecule has 3 aromatic rings. The third-order valence-corrected chi connectivity index (χ3v) is 8.06. The summed E-state index contributed by atoms with van der Waals surface area (Å²) in [5.74, 6) is -2.88. The molecular weight excluding hydrogens is 574 g/mol. The predicted octanol–water partition coefficient (Wildman–Crippen LogP) is 5.95. The van der Waals surface area contributed by atoms with Crippen LogP contribution in [-0.4, -0.2) is 53.5 Å². The first-order valence-electron chi connectivity index (χ1n) is 14.8. The normalized spacial score (nSPS) is 12.4. The van der Waals surface area contributed by atoms with Crippen molar-refractivity contribution in [3.05, 3.63) is 107 Å². The summed E-state index contributed by atoms with van der Waals surface area (Å²) in [6, 6.07) is 20.9. The van der Waals surface area contributed by atoms with Crippen molar-refractivity contribution in [1.29, 1.82) is 0 Å². The summed E-state index contributed by atoms with van der Waals surface area (Å²) in [4.78, 5) is 75.5. The number of carboxylic acids is 1. The molecule has 0 aliphatic heterocycles. The molecule has 0 spiro atoms. The SMILES string of the molecule is CCC(C)(CC(C)(C)C(=O)CCNC(=O)c1ccc(C(=O)c2ccccc2)cc1)C(=O)CCOC(=O)c1ccccc1C(=O)O. The van der Waals surface area contributed by atoms with Gasteiger partial charge in [-0.1, -0.05) is 82.3 Å². The van der Waals surface area contributed by atoms with Gasteiger partial charge in [0.15, 0.2) is 5.78 Å². The van der Waals surface area contributed by atoms with Crippen molar-refractivity contribution in [2.45, 2.75) is 53.4 Å². The summed E-state index contributed by atoms with van der Waals surface area (Å²) in [6.07, 6.45) is 0.700. The standard InChI is InChI=1S/C36H39NO8/c1-5-36(4,30(39)20-22-45-34(44)28-14-10-9-13-27(28)33(42)43)23-35(2,3)29(38)19-21-37-32(41)26-17-15-25(16-18-26)31(40)24-11-7-6-8-12-24/h6-18H,5,19-23H2,1-4H3,(H,37,41)(H,42,43). The molecule has 0 saturated carbocycles. The predicted molar refractivity (Wildman–Crippen MR) is 168 cm³/mol. The highest BCUT2D eigenvalue weighted by Crippen LogP contribution is 2.39. The summed E-state index contributed by atoms with van der Waals surface area (Å²) < 4.78 is 5.21. The van der Waals surface area contributed by atoms with Crippen LogP contribution in [0.5, 0.6) is 0 Å². The molecule has 236 valence electrons. The van der Waals surface area contributed by atoms with Crippen molar-refractivity contribution in [2.24, 2.45) is 10.8 Å². The first-order chi connectivity index (χ1) is 21.3. The Morgan fingerprint density at radius 2 is 1.27 bits per heavy atom. The number of aromatic carboxylic acids is 1. The summed E-state index contributed by atoms with van der Waals surface area (Å²) in [5.41, 5.74) is -0.637. The van der Waals surface area contributed by atoms with Crippen molar-refractivity contribution in [3.63, 3.8) is 0 Å². The summed E-state index contributed by atoms with van der Waals surface area (Å²) in [5, 5.41) is 12.0. The van der Waals surface area contributed by atoms with Crippen molar-refractivity contribution >= 4 is 35.2 Å². The average Bonchev–Trinajstić information content (AvgIpc) is 3.04. The van der Waals surface area contributed by atoms with E-state index in [0.717, 1.165) is 0 Å². The Hall–Kier alpha value is -4.92. The van der Waals surface area contributed by atoms with Crippen LogP contribution in [0.2, 0.25) is 0 Å². The summed E-state index contributed by atoms with van der Waals surface area (Å²) in [7, 11) is 0. The number of esters is 1. The van der Waals surface area contributed by atoms with Crippen LogP contribution < -0.4 is 5.32 Å². The Morgan fingerprint density at radius 3 is 1.87 bits per heavy atom. The molecule has 0 radical (unpaired) electrons. The number of amides is 1. The van der Waals surface area contributed by atoms with E-state index in [4.69, 9.17) is 4.74 Å². The van der Waals surface area contributed by atoms with Gasteiger partial charge in [0, 0.05) is 46.9 Å². The molecule has 3 rings (SSSR count). The van der Waals surface area contributed by atoms with Crippen molar-refractivity contribution in [1.82, 2.24) is 5.32 Å². The first-order valence-corrected chi connectivity index (χ1v) is 14.8. The topological polar surface area (TPSA) is 144 Å². The second kappa shape index (κ2) is 15.2. The maximum Gasteiger partial charge on any atom is 0.339 e. The van der Waals surface area contributed by atoms with E-state index in [0.29, 0.717) is 23.1 Å². The van der Waals surface area contributed by atoms with Gasteiger partial charge in [0.1, 0.15) is 11.6 Å². The van der Waals surface area contributed by atoms with Crippen LogP contribution in [0.4, 0.5) is 0 Å². The molecule has 45 heavy (non-hydrogen) atoms. The average molecular weight is 614 g/mol. The van der Waals surface area contributed by atoms with E-state index >= 15 is 0 Å². The number of benzene rings is 3. The van der Waals surface area contributed by atoms with Gasteiger partial charge in [0.25, 0.3) is 5.91 Å². The van der Waals surface area contributed by atoms with Crippen LogP contribution in [0, 0.1) is 10.8 Å². The van der Waals surface area contributed by atoms with E-state index in [2.05, 4.69) is 5.32 Å². The number of hydrogen-bond donors (Lipinski definition) is 2. The Balaban J connectivity index is 1.50. The lowest BCUT2D eigenvalue weighted by molar-refractivity contribution is -0.134. The van der Waals surface area contributed by atoms with Crippen molar-refractivity contribution < 1.29 is 38.6 Å². The lowest BCUT2D eigenvalue weighted by Gasteiger charge is -2.35. The van der Waals surface area contributed by atoms with Gasteiger partial charge in [-0.05, 0) is 37.1 Å². The first kappa shape index (κ1) is 34.6. The largest absolute Gasteiger partial charge is 0.478 e. The van der Waals surface area contributed by atoms with Gasteiger partial charge in [-0.3, -0.25) is 19.2 Å². The van der Waals surface area contributed by atoms with Crippen molar-refractivity contribution in [2.75, 3.05) is 13.2 Å². The quantitative estimate of drug-likeness (QED) is 0.149. The summed E-state index contributed by atoms with van der Waals surface area (Å²) in [6.45, 7) is 7.05. The Kier molecular flexibility index (Phi) is 11.7. The number of Topliss-reactive ketones (excluding diaryl/α,β-unsaturated/α-hetero) is 2. The van der Waals surface area contributed by atoms with E-state index < -0.39 is 22.8 Å². The molecule has 9 heteroatoms. The minimum atomic E-state index is -1.26. The zero-order chi connectivity index (χ0) is 33.2. The van der Waals surface area contributed by atoms with Crippen molar-refractivity contribution in [3.8, 4) is 0 Å². The molecule has 3 aromatic carbocycles. The minimum Gasteiger partial charge on any atom is -0.478 e. The second-order valence-corrected chi connectivity index (χ2v) is 11.8. The Labute approximate surface area is 263 Å². The molecule has 0 heterocycles. The zero-order valence-electron chi connectivity index (χ0n) is 26.1. The number of carbonyl (C=O) groups is 6. The number of nitrogens with one attached hydrogen (secondary N) is 1. The number of ether oxygens (including phenoxy) is 1. The van der Waals surface area contributed by atoms with Gasteiger partial charge < -0.3 is 15.2 Å². The van der Waals surface area contributed by atoms with E-state index in [1.807, 2.05) is 13.0 Å². The minimum absolute atomic E-state index is 0.0674. The fourth-order valence-corrected chi connectivity index (χ4v) is 5.22. The fraction of sp³-hybridized carbons (Fsp3) is 0.333. The van der Waals surface area contributed by atoms with Crippen LogP contribution in [0.3, 0.4) is 0 Å². The lowest BCUT2D eigenvalue weighted by Crippen LogP contribution is -2.38. The van der Waals surface area contributed by atoms with E-state index in [1.54, 1.807) is 69.3 Å². The van der Waals surface area contributed by atoms with E-state index in [9.17, 15) is 33.9 Å². The highest BCUT2D eigenvalue weighted by atomic mass is 16.5. The van der Waals surface area contributed by atoms with Crippen LogP contribution in [0.1, 0.15) is 100 Å². The molecule has 1 amide bonds. The van der Waals surface area contributed by atoms with Crippen LogP contribution >= 0.6 is 0 Å². The van der Waals surface area contributed by atoms with E-state index in [-0.39, 0.29) is 66.8 Å². The number of hydrogen-bond acceptors (Lipinski definition) is 7. The number of rotatable bonds is 16. The number of carbonyl (C=O) groups excluding carboxylic acids is 5. The van der Waals surface area contributed by atoms with Gasteiger partial charge >= 0.3 is 11.9 Å². The zero-order valence-corrected chi connectivity index (χ0v) is 26.1. The third kappa shape index (κ3) is 9.04. The molecule has 0 aliphatic rings. The maximum absolute atomic E-state index is 13.2. The monoisotopic (exact) mass is 613 g/mol. The molecule has 0 bridgehead atoms. The summed E-state index contributed by atoms with van der Waals surface area (Å²) >= 11 is 0. The highest BCUT2D eigenvalue weighted by molar-refractivity contribution is 6.09.